The number of nitrogens with zero attached hydrogens (tertiary/aromatic N) is 1. The van der Waals surface area contributed by atoms with Crippen LogP contribution in [-0.2, 0) is 6.42 Å². The molecule has 0 atom stereocenters. The van der Waals surface area contributed by atoms with E-state index in [0.29, 0.717) is 0 Å². The Morgan fingerprint density at radius 3 is 2.81 bits per heavy atom. The molecule has 0 spiro atoms. The minimum atomic E-state index is 0.783. The predicted octanol–water partition coefficient (Wildman–Crippen LogP) is 2.82. The Balaban J connectivity index is 2.35. The third-order valence-corrected chi connectivity index (χ3v) is 3.03. The first-order chi connectivity index (χ1) is 7.83. The minimum Gasteiger partial charge on any atom is -0.330 e. The fourth-order valence-electron chi connectivity index (χ4n) is 2.07. The molecule has 0 bridgehead atoms. The van der Waals surface area contributed by atoms with Gasteiger partial charge in [0, 0.05) is 17.8 Å². The predicted molar refractivity (Wildman–Crippen MR) is 68.5 cm³/mol. The third-order valence-electron chi connectivity index (χ3n) is 3.03. The van der Waals surface area contributed by atoms with Crippen LogP contribution >= 0.6 is 0 Å². The van der Waals surface area contributed by atoms with E-state index in [1.807, 2.05) is 12.4 Å². The van der Waals surface area contributed by atoms with Crippen molar-refractivity contribution in [1.29, 1.82) is 0 Å². The molecule has 0 aliphatic carbocycles. The van der Waals surface area contributed by atoms with Crippen molar-refractivity contribution in [2.45, 2.75) is 26.2 Å². The summed E-state index contributed by atoms with van der Waals surface area (Å²) >= 11 is 0. The second kappa shape index (κ2) is 5.08. The lowest BCUT2D eigenvalue weighted by Crippen LogP contribution is -1.99. The average molecular weight is 214 g/mol. The molecule has 2 heteroatoms. The Labute approximate surface area is 96.5 Å². The van der Waals surface area contributed by atoms with Gasteiger partial charge in [-0.15, -0.1) is 0 Å². The molecule has 0 saturated carbocycles. The highest BCUT2D eigenvalue weighted by molar-refractivity contribution is 5.87. The maximum atomic E-state index is 5.52. The highest BCUT2D eigenvalue weighted by atomic mass is 14.6. The monoisotopic (exact) mass is 214 g/mol. The van der Waals surface area contributed by atoms with Gasteiger partial charge in [0.15, 0.2) is 0 Å². The van der Waals surface area contributed by atoms with Gasteiger partial charge in [-0.1, -0.05) is 12.1 Å². The number of rotatable bonds is 4. The molecule has 2 N–H and O–H groups in total. The first-order valence-electron chi connectivity index (χ1n) is 5.85. The lowest BCUT2D eigenvalue weighted by atomic mass is 9.98. The van der Waals surface area contributed by atoms with E-state index >= 15 is 0 Å². The summed E-state index contributed by atoms with van der Waals surface area (Å²) in [6, 6.07) is 6.52. The Hall–Kier alpha value is -1.41. The smallest absolute Gasteiger partial charge is 0.0349 e. The van der Waals surface area contributed by atoms with E-state index in [-0.39, 0.29) is 0 Å². The molecule has 16 heavy (non-hydrogen) atoms. The van der Waals surface area contributed by atoms with Crippen LogP contribution in [0.5, 0.6) is 0 Å². The van der Waals surface area contributed by atoms with Gasteiger partial charge in [-0.25, -0.2) is 0 Å². The number of nitrogens with two attached hydrogens (primary N) is 1. The van der Waals surface area contributed by atoms with Gasteiger partial charge in [0.2, 0.25) is 0 Å². The molecule has 0 amide bonds. The van der Waals surface area contributed by atoms with Gasteiger partial charge in [0.05, 0.1) is 0 Å². The Morgan fingerprint density at radius 1 is 1.12 bits per heavy atom. The number of pyridine rings is 1. The maximum Gasteiger partial charge on any atom is 0.0349 e. The molecule has 84 valence electrons. The summed E-state index contributed by atoms with van der Waals surface area (Å²) in [4.78, 5) is 4.19. The topological polar surface area (TPSA) is 38.9 Å². The van der Waals surface area contributed by atoms with Gasteiger partial charge in [-0.3, -0.25) is 4.98 Å². The summed E-state index contributed by atoms with van der Waals surface area (Å²) in [5.74, 6) is 0. The fourth-order valence-corrected chi connectivity index (χ4v) is 2.07. The van der Waals surface area contributed by atoms with Crippen LogP contribution in [0, 0.1) is 6.92 Å². The van der Waals surface area contributed by atoms with E-state index in [1.54, 1.807) is 0 Å². The molecule has 1 aromatic carbocycles. The normalized spacial score (nSPS) is 10.9. The second-order valence-electron chi connectivity index (χ2n) is 4.21. The van der Waals surface area contributed by atoms with Crippen LogP contribution in [0.2, 0.25) is 0 Å². The van der Waals surface area contributed by atoms with Crippen molar-refractivity contribution in [1.82, 2.24) is 4.98 Å². The number of hydrogen-bond donors (Lipinski definition) is 1. The molecular weight excluding hydrogens is 196 g/mol. The van der Waals surface area contributed by atoms with Gasteiger partial charge in [-0.2, -0.15) is 0 Å². The highest BCUT2D eigenvalue weighted by Crippen LogP contribution is 2.22. The average Bonchev–Trinajstić information content (AvgIpc) is 2.33. The quantitative estimate of drug-likeness (QED) is 0.795. The summed E-state index contributed by atoms with van der Waals surface area (Å²) in [7, 11) is 0. The molecule has 0 radical (unpaired) electrons. The molecule has 0 unspecified atom stereocenters. The SMILES string of the molecule is Cc1ccc(CCCCN)c2ccncc12. The maximum absolute atomic E-state index is 5.52. The molecule has 0 fully saturated rings. The van der Waals surface area contributed by atoms with E-state index in [2.05, 4.69) is 30.1 Å². The van der Waals surface area contributed by atoms with Crippen LogP contribution < -0.4 is 5.73 Å². The van der Waals surface area contributed by atoms with Crippen molar-refractivity contribution >= 4 is 10.8 Å². The van der Waals surface area contributed by atoms with Crippen molar-refractivity contribution in [3.05, 3.63) is 41.7 Å². The van der Waals surface area contributed by atoms with E-state index in [9.17, 15) is 0 Å². The molecule has 0 aliphatic heterocycles. The molecule has 2 aromatic rings. The fraction of sp³-hybridized carbons (Fsp3) is 0.357. The number of unbranched alkanes of at least 4 members (excludes halogenated alkanes) is 1. The zero-order valence-corrected chi connectivity index (χ0v) is 9.74. The molecule has 2 nitrogen and oxygen atoms in total. The van der Waals surface area contributed by atoms with E-state index in [0.717, 1.165) is 25.8 Å². The van der Waals surface area contributed by atoms with Crippen LogP contribution in [0.3, 0.4) is 0 Å². The third kappa shape index (κ3) is 2.22. The zero-order chi connectivity index (χ0) is 11.4. The number of benzene rings is 1. The summed E-state index contributed by atoms with van der Waals surface area (Å²) in [5, 5.41) is 2.61. The van der Waals surface area contributed by atoms with Crippen molar-refractivity contribution in [3.8, 4) is 0 Å². The van der Waals surface area contributed by atoms with E-state index in [1.165, 1.54) is 21.9 Å². The largest absolute Gasteiger partial charge is 0.330 e. The molecule has 1 heterocycles. The molecule has 1 aromatic heterocycles. The van der Waals surface area contributed by atoms with Crippen LogP contribution in [0.15, 0.2) is 30.6 Å². The Kier molecular flexibility index (Phi) is 3.52. The van der Waals surface area contributed by atoms with Gasteiger partial charge < -0.3 is 5.73 Å². The minimum absolute atomic E-state index is 0.783. The van der Waals surface area contributed by atoms with Crippen molar-refractivity contribution < 1.29 is 0 Å². The molecule has 0 aliphatic rings. The van der Waals surface area contributed by atoms with Gasteiger partial charge in [-0.05, 0) is 55.3 Å². The Bertz CT molecular complexity index is 477. The van der Waals surface area contributed by atoms with Crippen LogP contribution in [0.4, 0.5) is 0 Å². The van der Waals surface area contributed by atoms with Crippen molar-refractivity contribution in [2.24, 2.45) is 5.73 Å². The number of hydrogen-bond acceptors (Lipinski definition) is 2. The first kappa shape index (κ1) is 11.1. The molecule has 2 rings (SSSR count). The first-order valence-corrected chi connectivity index (χ1v) is 5.85. The van der Waals surface area contributed by atoms with E-state index in [4.69, 9.17) is 5.73 Å². The molecular formula is C14H18N2. The second-order valence-corrected chi connectivity index (χ2v) is 4.21. The molecule has 0 saturated heterocycles. The lowest BCUT2D eigenvalue weighted by molar-refractivity contribution is 0.747. The number of fused-ring (bicyclic) bond motifs is 1. The summed E-state index contributed by atoms with van der Waals surface area (Å²) in [6.07, 6.45) is 7.20. The highest BCUT2D eigenvalue weighted by Gasteiger charge is 2.02. The van der Waals surface area contributed by atoms with Gasteiger partial charge in [0.25, 0.3) is 0 Å². The Morgan fingerprint density at radius 2 is 2.00 bits per heavy atom. The van der Waals surface area contributed by atoms with Crippen molar-refractivity contribution in [2.75, 3.05) is 6.54 Å². The number of aryl methyl sites for hydroxylation is 2. The van der Waals surface area contributed by atoms with Crippen LogP contribution in [-0.4, -0.2) is 11.5 Å². The van der Waals surface area contributed by atoms with Crippen LogP contribution in [0.1, 0.15) is 24.0 Å². The van der Waals surface area contributed by atoms with Gasteiger partial charge >= 0.3 is 0 Å². The van der Waals surface area contributed by atoms with Gasteiger partial charge in [0.1, 0.15) is 0 Å². The van der Waals surface area contributed by atoms with E-state index < -0.39 is 0 Å². The lowest BCUT2D eigenvalue weighted by Gasteiger charge is -2.08. The summed E-state index contributed by atoms with van der Waals surface area (Å²) < 4.78 is 0. The zero-order valence-electron chi connectivity index (χ0n) is 9.74. The summed E-state index contributed by atoms with van der Waals surface area (Å²) in [5.41, 5.74) is 8.23. The van der Waals surface area contributed by atoms with Crippen molar-refractivity contribution in [3.63, 3.8) is 0 Å². The standard InChI is InChI=1S/C14H18N2/c1-11-5-6-12(4-2-3-8-15)13-7-9-16-10-14(11)13/h5-7,9-10H,2-4,8,15H2,1H3. The van der Waals surface area contributed by atoms with Crippen LogP contribution in [0.25, 0.3) is 10.8 Å². The number of aromatic nitrogens is 1. The summed E-state index contributed by atoms with van der Waals surface area (Å²) in [6.45, 7) is 2.92.